The molecule has 116 valence electrons. The molecule has 0 unspecified atom stereocenters. The second-order valence-electron chi connectivity index (χ2n) is 5.88. The van der Waals surface area contributed by atoms with Gasteiger partial charge in [0, 0.05) is 25.7 Å². The summed E-state index contributed by atoms with van der Waals surface area (Å²) in [5, 5.41) is 0. The summed E-state index contributed by atoms with van der Waals surface area (Å²) < 4.78 is 5.66. The van der Waals surface area contributed by atoms with Crippen molar-refractivity contribution in [3.63, 3.8) is 0 Å². The number of hydrogen-bond donors (Lipinski definition) is 1. The molecular weight excluding hydrogens is 268 g/mol. The van der Waals surface area contributed by atoms with Crippen molar-refractivity contribution < 1.29 is 4.74 Å². The highest BCUT2D eigenvalue weighted by Gasteiger charge is 2.25. The molecule has 2 aliphatic rings. The Morgan fingerprint density at radius 1 is 1.19 bits per heavy atom. The predicted molar refractivity (Wildman–Crippen MR) is 81.5 cm³/mol. The fourth-order valence-corrected chi connectivity index (χ4v) is 2.64. The van der Waals surface area contributed by atoms with Crippen LogP contribution in [0.25, 0.3) is 0 Å². The van der Waals surface area contributed by atoms with E-state index in [2.05, 4.69) is 31.8 Å². The lowest BCUT2D eigenvalue weighted by Crippen LogP contribution is -2.31. The topological polar surface area (TPSA) is 80.4 Å². The van der Waals surface area contributed by atoms with Gasteiger partial charge in [-0.2, -0.15) is 15.0 Å². The van der Waals surface area contributed by atoms with Gasteiger partial charge in [-0.3, -0.25) is 0 Å². The maximum atomic E-state index is 5.78. The molecule has 3 rings (SSSR count). The normalized spacial score (nSPS) is 19.0. The van der Waals surface area contributed by atoms with Crippen LogP contribution in [0.1, 0.15) is 32.1 Å². The van der Waals surface area contributed by atoms with Gasteiger partial charge in [-0.1, -0.05) is 0 Å². The minimum absolute atomic E-state index is 0.233. The highest BCUT2D eigenvalue weighted by Crippen LogP contribution is 2.25. The summed E-state index contributed by atoms with van der Waals surface area (Å²) in [6, 6.07) is 1.08. The van der Waals surface area contributed by atoms with E-state index < -0.39 is 0 Å². The third kappa shape index (κ3) is 3.93. The van der Waals surface area contributed by atoms with Gasteiger partial charge in [0.15, 0.2) is 0 Å². The van der Waals surface area contributed by atoms with Crippen molar-refractivity contribution in [1.82, 2.24) is 19.9 Å². The number of likely N-dealkylation sites (N-methyl/N-ethyl adjacent to an activating group) is 1. The van der Waals surface area contributed by atoms with Crippen LogP contribution in [0.3, 0.4) is 0 Å². The summed E-state index contributed by atoms with van der Waals surface area (Å²) in [7, 11) is 2.13. The maximum Gasteiger partial charge on any atom is 0.323 e. The fourth-order valence-electron chi connectivity index (χ4n) is 2.64. The summed E-state index contributed by atoms with van der Waals surface area (Å²) in [5.74, 6) is 0.879. The van der Waals surface area contributed by atoms with Gasteiger partial charge in [0.2, 0.25) is 11.9 Å². The van der Waals surface area contributed by atoms with E-state index in [4.69, 9.17) is 10.5 Å². The summed E-state index contributed by atoms with van der Waals surface area (Å²) in [5.41, 5.74) is 5.78. The number of nitrogen functional groups attached to an aromatic ring is 1. The molecule has 0 bridgehead atoms. The quantitative estimate of drug-likeness (QED) is 0.835. The third-order valence-corrected chi connectivity index (χ3v) is 4.10. The van der Waals surface area contributed by atoms with Crippen molar-refractivity contribution in [3.8, 4) is 6.01 Å². The molecule has 0 spiro atoms. The molecule has 1 saturated carbocycles. The molecule has 0 aromatic carbocycles. The second kappa shape index (κ2) is 6.43. The minimum atomic E-state index is 0.233. The first-order valence-corrected chi connectivity index (χ1v) is 7.82. The molecule has 2 N–H and O–H groups in total. The zero-order valence-electron chi connectivity index (χ0n) is 12.7. The Bertz CT molecular complexity index is 473. The van der Waals surface area contributed by atoms with Crippen LogP contribution < -0.4 is 15.4 Å². The van der Waals surface area contributed by atoms with Crippen LogP contribution in [0.5, 0.6) is 6.01 Å². The van der Waals surface area contributed by atoms with Crippen molar-refractivity contribution in [2.24, 2.45) is 0 Å². The van der Waals surface area contributed by atoms with Gasteiger partial charge < -0.3 is 20.3 Å². The molecule has 7 heteroatoms. The van der Waals surface area contributed by atoms with Gasteiger partial charge >= 0.3 is 6.01 Å². The van der Waals surface area contributed by atoms with Crippen LogP contribution in [-0.4, -0.2) is 59.2 Å². The van der Waals surface area contributed by atoms with Crippen LogP contribution in [0.4, 0.5) is 11.9 Å². The molecule has 1 saturated heterocycles. The Balaban J connectivity index is 1.57. The lowest BCUT2D eigenvalue weighted by Gasteiger charge is -2.26. The Labute approximate surface area is 125 Å². The van der Waals surface area contributed by atoms with Crippen LogP contribution in [0.2, 0.25) is 0 Å². The van der Waals surface area contributed by atoms with Crippen molar-refractivity contribution in [3.05, 3.63) is 0 Å². The van der Waals surface area contributed by atoms with Gasteiger partial charge in [-0.15, -0.1) is 0 Å². The van der Waals surface area contributed by atoms with Gasteiger partial charge in [0.1, 0.15) is 6.61 Å². The van der Waals surface area contributed by atoms with E-state index in [0.29, 0.717) is 18.6 Å². The molecule has 7 nitrogen and oxygen atoms in total. The van der Waals surface area contributed by atoms with E-state index in [9.17, 15) is 0 Å². The average Bonchev–Trinajstić information content (AvgIpc) is 3.32. The number of ether oxygens (including phenoxy) is 1. The summed E-state index contributed by atoms with van der Waals surface area (Å²) >= 11 is 0. The monoisotopic (exact) mass is 292 g/mol. The van der Waals surface area contributed by atoms with Crippen molar-refractivity contribution >= 4 is 11.9 Å². The molecule has 21 heavy (non-hydrogen) atoms. The van der Waals surface area contributed by atoms with E-state index in [1.807, 2.05) is 0 Å². The molecule has 0 radical (unpaired) electrons. The first kappa shape index (κ1) is 14.3. The zero-order valence-corrected chi connectivity index (χ0v) is 12.7. The molecule has 2 fully saturated rings. The molecular formula is C14H24N6O. The van der Waals surface area contributed by atoms with Crippen molar-refractivity contribution in [2.45, 2.75) is 38.1 Å². The standard InChI is InChI=1S/C14H24N6O/c1-19(11-5-6-11)9-10-21-14-17-12(15)16-13(18-14)20-7-3-2-4-8-20/h11H,2-10H2,1H3,(H2,15,16,17,18). The smallest absolute Gasteiger partial charge is 0.323 e. The second-order valence-corrected chi connectivity index (χ2v) is 5.88. The van der Waals surface area contributed by atoms with Gasteiger partial charge in [0.05, 0.1) is 0 Å². The third-order valence-electron chi connectivity index (χ3n) is 4.10. The first-order valence-electron chi connectivity index (χ1n) is 7.82. The summed E-state index contributed by atoms with van der Waals surface area (Å²) in [6.07, 6.45) is 6.22. The molecule has 1 aromatic heterocycles. The Morgan fingerprint density at radius 3 is 2.67 bits per heavy atom. The highest BCUT2D eigenvalue weighted by atomic mass is 16.5. The molecule has 1 aliphatic heterocycles. The number of piperidine rings is 1. The fraction of sp³-hybridized carbons (Fsp3) is 0.786. The van der Waals surface area contributed by atoms with Crippen LogP contribution in [-0.2, 0) is 0 Å². The number of rotatable bonds is 6. The minimum Gasteiger partial charge on any atom is -0.462 e. The van der Waals surface area contributed by atoms with E-state index >= 15 is 0 Å². The highest BCUT2D eigenvalue weighted by molar-refractivity contribution is 5.36. The van der Waals surface area contributed by atoms with Gasteiger partial charge in [0.25, 0.3) is 0 Å². The number of anilines is 2. The summed E-state index contributed by atoms with van der Waals surface area (Å²) in [6.45, 7) is 3.42. The number of hydrogen-bond acceptors (Lipinski definition) is 7. The molecule has 1 aliphatic carbocycles. The number of nitrogens with zero attached hydrogens (tertiary/aromatic N) is 5. The Morgan fingerprint density at radius 2 is 1.95 bits per heavy atom. The molecule has 0 amide bonds. The lowest BCUT2D eigenvalue weighted by atomic mass is 10.1. The van der Waals surface area contributed by atoms with Crippen LogP contribution in [0, 0.1) is 0 Å². The van der Waals surface area contributed by atoms with Crippen molar-refractivity contribution in [1.29, 1.82) is 0 Å². The van der Waals surface area contributed by atoms with E-state index in [1.165, 1.54) is 32.1 Å². The van der Waals surface area contributed by atoms with Crippen LogP contribution >= 0.6 is 0 Å². The average molecular weight is 292 g/mol. The first-order chi connectivity index (χ1) is 10.2. The number of nitrogens with two attached hydrogens (primary N) is 1. The van der Waals surface area contributed by atoms with Gasteiger partial charge in [-0.05, 0) is 39.2 Å². The predicted octanol–water partition coefficient (Wildman–Crippen LogP) is 0.917. The summed E-state index contributed by atoms with van der Waals surface area (Å²) in [4.78, 5) is 17.2. The van der Waals surface area contributed by atoms with Crippen molar-refractivity contribution in [2.75, 3.05) is 43.9 Å². The number of aromatic nitrogens is 3. The Hall–Kier alpha value is -1.63. The lowest BCUT2D eigenvalue weighted by molar-refractivity contribution is 0.220. The maximum absolute atomic E-state index is 5.78. The van der Waals surface area contributed by atoms with E-state index in [1.54, 1.807) is 0 Å². The largest absolute Gasteiger partial charge is 0.462 e. The van der Waals surface area contributed by atoms with Crippen LogP contribution in [0.15, 0.2) is 0 Å². The SMILES string of the molecule is CN(CCOc1nc(N)nc(N2CCCCC2)n1)C1CC1. The van der Waals surface area contributed by atoms with E-state index in [-0.39, 0.29) is 5.95 Å². The molecule has 1 aromatic rings. The zero-order chi connectivity index (χ0) is 14.7. The van der Waals surface area contributed by atoms with Gasteiger partial charge in [-0.25, -0.2) is 0 Å². The van der Waals surface area contributed by atoms with E-state index in [0.717, 1.165) is 25.7 Å². The molecule has 2 heterocycles. The Kier molecular flexibility index (Phi) is 4.38. The molecule has 0 atom stereocenters.